The Hall–Kier alpha value is -2.87. The summed E-state index contributed by atoms with van der Waals surface area (Å²) in [4.78, 5) is 31.1. The smallest absolute Gasteiger partial charge is 0.243 e. The van der Waals surface area contributed by atoms with Crippen molar-refractivity contribution in [3.8, 4) is 5.75 Å². The first-order valence-electron chi connectivity index (χ1n) is 8.91. The average molecular weight is 372 g/mol. The van der Waals surface area contributed by atoms with Crippen molar-refractivity contribution in [1.29, 1.82) is 0 Å². The van der Waals surface area contributed by atoms with Gasteiger partial charge >= 0.3 is 0 Å². The molecule has 1 aromatic carbocycles. The quantitative estimate of drug-likeness (QED) is 0.784. The van der Waals surface area contributed by atoms with Crippen LogP contribution in [-0.4, -0.2) is 59.7 Å². The van der Waals surface area contributed by atoms with E-state index in [1.165, 1.54) is 0 Å². The van der Waals surface area contributed by atoms with E-state index in [1.54, 1.807) is 35.3 Å². The molecule has 1 fully saturated rings. The van der Waals surface area contributed by atoms with Crippen molar-refractivity contribution < 1.29 is 19.1 Å². The number of imidazole rings is 1. The van der Waals surface area contributed by atoms with E-state index < -0.39 is 6.04 Å². The Balaban J connectivity index is 1.63. The summed E-state index contributed by atoms with van der Waals surface area (Å²) < 4.78 is 12.1. The number of amides is 2. The number of carbonyl (C=O) groups is 2. The molecule has 0 radical (unpaired) electrons. The van der Waals surface area contributed by atoms with Crippen molar-refractivity contribution in [3.63, 3.8) is 0 Å². The topological polar surface area (TPSA) is 85.7 Å². The van der Waals surface area contributed by atoms with Crippen LogP contribution in [0.2, 0.25) is 0 Å². The van der Waals surface area contributed by atoms with E-state index in [-0.39, 0.29) is 18.2 Å². The fourth-order valence-electron chi connectivity index (χ4n) is 2.94. The number of carbonyl (C=O) groups excluding carboxylic acids is 2. The number of aromatic nitrogens is 2. The standard InChI is InChI=1S/C19H24N4O4/c1-26-16-4-2-15(3-5-16)13-21-19(25)17(23-7-6-20-14-23)12-18(24)22-8-10-27-11-9-22/h2-7,14,17H,8-13H2,1H3,(H,21,25)/t17-/m0/s1. The molecule has 1 aliphatic heterocycles. The number of hydrogen-bond donors (Lipinski definition) is 1. The third-order valence-corrected chi connectivity index (χ3v) is 4.54. The summed E-state index contributed by atoms with van der Waals surface area (Å²) in [6, 6.07) is 6.84. The van der Waals surface area contributed by atoms with Gasteiger partial charge in [-0.2, -0.15) is 0 Å². The van der Waals surface area contributed by atoms with Gasteiger partial charge < -0.3 is 24.3 Å². The Morgan fingerprint density at radius 2 is 2.00 bits per heavy atom. The van der Waals surface area contributed by atoms with Crippen molar-refractivity contribution in [3.05, 3.63) is 48.5 Å². The van der Waals surface area contributed by atoms with Crippen LogP contribution in [0, 0.1) is 0 Å². The number of methoxy groups -OCH3 is 1. The van der Waals surface area contributed by atoms with E-state index in [2.05, 4.69) is 10.3 Å². The predicted octanol–water partition coefficient (Wildman–Crippen LogP) is 0.998. The molecular formula is C19H24N4O4. The van der Waals surface area contributed by atoms with Crippen LogP contribution in [0.5, 0.6) is 5.75 Å². The Morgan fingerprint density at radius 1 is 1.26 bits per heavy atom. The zero-order valence-electron chi connectivity index (χ0n) is 15.3. The molecule has 1 N–H and O–H groups in total. The molecule has 144 valence electrons. The van der Waals surface area contributed by atoms with Gasteiger partial charge in [0, 0.05) is 32.0 Å². The highest BCUT2D eigenvalue weighted by molar-refractivity contribution is 5.87. The van der Waals surface area contributed by atoms with Crippen LogP contribution in [0.4, 0.5) is 0 Å². The van der Waals surface area contributed by atoms with Gasteiger partial charge in [0.1, 0.15) is 11.8 Å². The Kier molecular flexibility index (Phi) is 6.43. The van der Waals surface area contributed by atoms with E-state index in [0.29, 0.717) is 32.8 Å². The molecule has 1 aromatic heterocycles. The Bertz CT molecular complexity index is 740. The highest BCUT2D eigenvalue weighted by Gasteiger charge is 2.26. The highest BCUT2D eigenvalue weighted by atomic mass is 16.5. The molecule has 2 amide bonds. The largest absolute Gasteiger partial charge is 0.497 e. The third kappa shape index (κ3) is 5.07. The van der Waals surface area contributed by atoms with Crippen molar-refractivity contribution in [2.24, 2.45) is 0 Å². The highest BCUT2D eigenvalue weighted by Crippen LogP contribution is 2.16. The predicted molar refractivity (Wildman–Crippen MR) is 98.1 cm³/mol. The molecule has 3 rings (SSSR count). The van der Waals surface area contributed by atoms with Crippen LogP contribution in [0.15, 0.2) is 43.0 Å². The summed E-state index contributed by atoms with van der Waals surface area (Å²) in [7, 11) is 1.61. The van der Waals surface area contributed by atoms with Crippen LogP contribution >= 0.6 is 0 Å². The molecule has 1 atom stereocenters. The normalized spacial score (nSPS) is 15.2. The number of benzene rings is 1. The average Bonchev–Trinajstić information content (AvgIpc) is 3.25. The molecule has 2 heterocycles. The van der Waals surface area contributed by atoms with E-state index in [4.69, 9.17) is 9.47 Å². The summed E-state index contributed by atoms with van der Waals surface area (Å²) in [5, 5.41) is 2.91. The molecule has 0 bridgehead atoms. The van der Waals surface area contributed by atoms with Crippen molar-refractivity contribution in [2.75, 3.05) is 33.4 Å². The first kappa shape index (κ1) is 18.9. The molecule has 8 nitrogen and oxygen atoms in total. The minimum atomic E-state index is -0.638. The fraction of sp³-hybridized carbons (Fsp3) is 0.421. The lowest BCUT2D eigenvalue weighted by molar-refractivity contribution is -0.139. The number of nitrogens with one attached hydrogen (secondary N) is 1. The zero-order chi connectivity index (χ0) is 19.1. The van der Waals surface area contributed by atoms with Gasteiger partial charge in [0.2, 0.25) is 11.8 Å². The number of ether oxygens (including phenoxy) is 2. The Labute approximate surface area is 158 Å². The second-order valence-corrected chi connectivity index (χ2v) is 6.29. The van der Waals surface area contributed by atoms with Crippen LogP contribution in [0.3, 0.4) is 0 Å². The maximum Gasteiger partial charge on any atom is 0.243 e. The van der Waals surface area contributed by atoms with Crippen molar-refractivity contribution in [1.82, 2.24) is 19.8 Å². The molecular weight excluding hydrogens is 348 g/mol. The van der Waals surface area contributed by atoms with Gasteiger partial charge in [-0.3, -0.25) is 9.59 Å². The van der Waals surface area contributed by atoms with E-state index in [0.717, 1.165) is 11.3 Å². The second-order valence-electron chi connectivity index (χ2n) is 6.29. The zero-order valence-corrected chi connectivity index (χ0v) is 15.3. The second kappa shape index (κ2) is 9.18. The summed E-state index contributed by atoms with van der Waals surface area (Å²) in [5.74, 6) is 0.486. The van der Waals surface area contributed by atoms with Crippen LogP contribution in [0.25, 0.3) is 0 Å². The van der Waals surface area contributed by atoms with Gasteiger partial charge in [-0.15, -0.1) is 0 Å². The SMILES string of the molecule is COc1ccc(CNC(=O)[C@H](CC(=O)N2CCOCC2)n2ccnc2)cc1. The lowest BCUT2D eigenvalue weighted by atomic mass is 10.1. The number of morpholine rings is 1. The lowest BCUT2D eigenvalue weighted by Crippen LogP contribution is -2.43. The summed E-state index contributed by atoms with van der Waals surface area (Å²) in [6.45, 7) is 2.56. The van der Waals surface area contributed by atoms with Gasteiger partial charge in [-0.05, 0) is 17.7 Å². The number of nitrogens with zero attached hydrogens (tertiary/aromatic N) is 3. The van der Waals surface area contributed by atoms with Crippen LogP contribution in [0.1, 0.15) is 18.0 Å². The van der Waals surface area contributed by atoms with Crippen LogP contribution < -0.4 is 10.1 Å². The monoisotopic (exact) mass is 372 g/mol. The van der Waals surface area contributed by atoms with Gasteiger partial charge in [-0.25, -0.2) is 4.98 Å². The molecule has 0 saturated carbocycles. The van der Waals surface area contributed by atoms with E-state index in [9.17, 15) is 9.59 Å². The van der Waals surface area contributed by atoms with Crippen molar-refractivity contribution >= 4 is 11.8 Å². The Morgan fingerprint density at radius 3 is 2.63 bits per heavy atom. The molecule has 2 aromatic rings. The fourth-order valence-corrected chi connectivity index (χ4v) is 2.94. The molecule has 1 aliphatic rings. The van der Waals surface area contributed by atoms with Crippen LogP contribution in [-0.2, 0) is 20.9 Å². The van der Waals surface area contributed by atoms with Gasteiger partial charge in [0.25, 0.3) is 0 Å². The molecule has 27 heavy (non-hydrogen) atoms. The molecule has 8 heteroatoms. The number of hydrogen-bond acceptors (Lipinski definition) is 5. The molecule has 0 spiro atoms. The minimum Gasteiger partial charge on any atom is -0.497 e. The van der Waals surface area contributed by atoms with E-state index >= 15 is 0 Å². The molecule has 1 saturated heterocycles. The molecule has 0 unspecified atom stereocenters. The lowest BCUT2D eigenvalue weighted by Gasteiger charge is -2.28. The van der Waals surface area contributed by atoms with Gasteiger partial charge in [0.05, 0.1) is 33.1 Å². The maximum atomic E-state index is 12.8. The van der Waals surface area contributed by atoms with Crippen molar-refractivity contribution in [2.45, 2.75) is 19.0 Å². The summed E-state index contributed by atoms with van der Waals surface area (Å²) >= 11 is 0. The molecule has 0 aliphatic carbocycles. The first-order valence-corrected chi connectivity index (χ1v) is 8.91. The third-order valence-electron chi connectivity index (χ3n) is 4.54. The minimum absolute atomic E-state index is 0.0587. The maximum absolute atomic E-state index is 12.8. The van der Waals surface area contributed by atoms with E-state index in [1.807, 2.05) is 24.3 Å². The summed E-state index contributed by atoms with van der Waals surface area (Å²) in [6.07, 6.45) is 4.95. The first-order chi connectivity index (χ1) is 13.2. The summed E-state index contributed by atoms with van der Waals surface area (Å²) in [5.41, 5.74) is 0.952. The van der Waals surface area contributed by atoms with Gasteiger partial charge in [0.15, 0.2) is 0 Å². The van der Waals surface area contributed by atoms with Gasteiger partial charge in [-0.1, -0.05) is 12.1 Å². The number of rotatable bonds is 7.